The van der Waals surface area contributed by atoms with Crippen molar-refractivity contribution in [1.82, 2.24) is 4.23 Å². The molecule has 0 amide bonds. The van der Waals surface area contributed by atoms with Gasteiger partial charge in [0, 0.05) is 5.54 Å². The van der Waals surface area contributed by atoms with Gasteiger partial charge in [-0.05, 0) is 19.3 Å². The summed E-state index contributed by atoms with van der Waals surface area (Å²) in [5.74, 6) is 0. The lowest BCUT2D eigenvalue weighted by molar-refractivity contribution is 0.148. The summed E-state index contributed by atoms with van der Waals surface area (Å²) in [6, 6.07) is 0. The van der Waals surface area contributed by atoms with Crippen LogP contribution in [0.15, 0.2) is 0 Å². The van der Waals surface area contributed by atoms with E-state index in [1.807, 2.05) is 4.23 Å². The van der Waals surface area contributed by atoms with Crippen LogP contribution in [0.3, 0.4) is 0 Å². The first-order valence-corrected chi connectivity index (χ1v) is 4.32. The van der Waals surface area contributed by atoms with Crippen LogP contribution in [0.25, 0.3) is 0 Å². The predicted molar refractivity (Wildman–Crippen MR) is 46.9 cm³/mol. The highest BCUT2D eigenvalue weighted by Gasteiger charge is 2.33. The van der Waals surface area contributed by atoms with Crippen molar-refractivity contribution in [3.8, 4) is 0 Å². The quantitative estimate of drug-likeness (QED) is 0.535. The fraction of sp³-hybridized carbons (Fsp3) is 1.00. The molecule has 0 N–H and O–H groups in total. The molecule has 0 aromatic rings. The van der Waals surface area contributed by atoms with Crippen molar-refractivity contribution < 1.29 is 0 Å². The van der Waals surface area contributed by atoms with Gasteiger partial charge in [-0.25, -0.2) is 0 Å². The fourth-order valence-electron chi connectivity index (χ4n) is 0.335. The summed E-state index contributed by atoms with van der Waals surface area (Å²) in [6.07, 6.45) is 0. The van der Waals surface area contributed by atoms with Gasteiger partial charge in [0.25, 0.3) is 0 Å². The van der Waals surface area contributed by atoms with Gasteiger partial charge in [-0.15, -0.1) is 0 Å². The molecule has 0 spiro atoms. The van der Waals surface area contributed by atoms with Crippen LogP contribution in [-0.2, 0) is 0 Å². The Morgan fingerprint density at radius 1 is 0.900 bits per heavy atom. The Morgan fingerprint density at radius 2 is 1.20 bits per heavy atom. The number of hydrogen-bond acceptors (Lipinski definition) is 1. The van der Waals surface area contributed by atoms with E-state index in [1.165, 1.54) is 0 Å². The third-order valence-electron chi connectivity index (χ3n) is 2.39. The maximum atomic E-state index is 3.43. The summed E-state index contributed by atoms with van der Waals surface area (Å²) in [4.78, 5) is 0. The van der Waals surface area contributed by atoms with Crippen molar-refractivity contribution in [3.05, 3.63) is 0 Å². The second kappa shape index (κ2) is 2.79. The van der Waals surface area contributed by atoms with Gasteiger partial charge in [-0.1, -0.05) is 20.8 Å². The molecule has 10 heavy (non-hydrogen) atoms. The molecule has 0 heterocycles. The summed E-state index contributed by atoms with van der Waals surface area (Å²) in [7, 11) is 6.86. The van der Waals surface area contributed by atoms with E-state index in [0.29, 0.717) is 0 Å². The molecule has 0 unspecified atom stereocenters. The summed E-state index contributed by atoms with van der Waals surface area (Å²) < 4.78 is 1.88. The van der Waals surface area contributed by atoms with Crippen LogP contribution in [0.1, 0.15) is 34.6 Å². The van der Waals surface area contributed by atoms with Gasteiger partial charge in [-0.3, -0.25) is 0 Å². The van der Waals surface area contributed by atoms with E-state index in [4.69, 9.17) is 0 Å². The molecule has 0 rings (SSSR count). The van der Waals surface area contributed by atoms with E-state index in [1.54, 1.807) is 0 Å². The minimum atomic E-state index is 0.0980. The molecule has 0 atom stereocenters. The van der Waals surface area contributed by atoms with Crippen molar-refractivity contribution in [2.45, 2.75) is 40.2 Å². The van der Waals surface area contributed by atoms with Crippen LogP contribution < -0.4 is 0 Å². The zero-order valence-corrected chi connectivity index (χ0v) is 9.45. The van der Waals surface area contributed by atoms with Crippen LogP contribution in [0, 0.1) is 5.41 Å². The SMILES string of the molecule is CC(C)(C)C(C)(C)N([Si])[Si]. The first-order valence-electron chi connectivity index (χ1n) is 3.42. The Hall–Kier alpha value is 0.394. The molecule has 6 radical (unpaired) electrons. The third kappa shape index (κ3) is 1.94. The summed E-state index contributed by atoms with van der Waals surface area (Å²) >= 11 is 0. The molecule has 0 aliphatic heterocycles. The van der Waals surface area contributed by atoms with E-state index < -0.39 is 0 Å². The molecule has 0 aromatic carbocycles. The standard InChI is InChI=1S/C7H15NSi2/c1-6(2,3)7(4,5)8(9)10/h1-5H3. The Bertz CT molecular complexity index is 113. The maximum absolute atomic E-state index is 3.43. The lowest BCUT2D eigenvalue weighted by Gasteiger charge is -2.44. The summed E-state index contributed by atoms with van der Waals surface area (Å²) in [5.41, 5.74) is 0.345. The first-order chi connectivity index (χ1) is 4.19. The Labute approximate surface area is 71.2 Å². The van der Waals surface area contributed by atoms with Crippen molar-refractivity contribution in [3.63, 3.8) is 0 Å². The molecule has 3 heteroatoms. The zero-order valence-electron chi connectivity index (χ0n) is 7.45. The Balaban J connectivity index is 4.40. The maximum Gasteiger partial charge on any atom is 0.135 e. The summed E-state index contributed by atoms with van der Waals surface area (Å²) in [6.45, 7) is 11.0. The van der Waals surface area contributed by atoms with Gasteiger partial charge in [0.1, 0.15) is 20.8 Å². The lowest BCUT2D eigenvalue weighted by atomic mass is 9.77. The molecule has 0 saturated carbocycles. The van der Waals surface area contributed by atoms with E-state index in [-0.39, 0.29) is 11.0 Å². The second-order valence-electron chi connectivity index (χ2n) is 4.14. The average Bonchev–Trinajstić information content (AvgIpc) is 1.62. The van der Waals surface area contributed by atoms with Gasteiger partial charge in [0.05, 0.1) is 0 Å². The van der Waals surface area contributed by atoms with E-state index in [2.05, 4.69) is 55.4 Å². The molecule has 0 bridgehead atoms. The van der Waals surface area contributed by atoms with Crippen LogP contribution in [-0.4, -0.2) is 30.6 Å². The number of rotatable bonds is 1. The molecule has 56 valence electrons. The van der Waals surface area contributed by atoms with Crippen LogP contribution in [0.5, 0.6) is 0 Å². The predicted octanol–water partition coefficient (Wildman–Crippen LogP) is 1.28. The first kappa shape index (κ1) is 10.4. The Morgan fingerprint density at radius 3 is 1.20 bits per heavy atom. The van der Waals surface area contributed by atoms with Gasteiger partial charge in [-0.2, -0.15) is 0 Å². The van der Waals surface area contributed by atoms with Crippen LogP contribution >= 0.6 is 0 Å². The molecule has 0 aliphatic rings. The van der Waals surface area contributed by atoms with Crippen LogP contribution in [0.2, 0.25) is 0 Å². The smallest absolute Gasteiger partial charge is 0.135 e. The second-order valence-corrected chi connectivity index (χ2v) is 5.49. The largest absolute Gasteiger partial charge is 0.347 e. The molecular weight excluding hydrogens is 154 g/mol. The molecule has 0 fully saturated rings. The molecule has 0 aliphatic carbocycles. The monoisotopic (exact) mass is 169 g/mol. The molecule has 1 nitrogen and oxygen atoms in total. The lowest BCUT2D eigenvalue weighted by Crippen LogP contribution is -2.50. The van der Waals surface area contributed by atoms with Gasteiger partial charge in [0.2, 0.25) is 0 Å². The molecular formula is C7H15NSi2. The highest BCUT2D eigenvalue weighted by Crippen LogP contribution is 2.32. The Kier molecular flexibility index (Phi) is 2.90. The normalized spacial score (nSPS) is 14.4. The topological polar surface area (TPSA) is 3.24 Å². The summed E-state index contributed by atoms with van der Waals surface area (Å²) in [5, 5.41) is 0. The third-order valence-corrected chi connectivity index (χ3v) is 3.51. The van der Waals surface area contributed by atoms with Crippen molar-refractivity contribution in [2.75, 3.05) is 0 Å². The average molecular weight is 169 g/mol. The minimum Gasteiger partial charge on any atom is -0.347 e. The van der Waals surface area contributed by atoms with Crippen molar-refractivity contribution in [2.24, 2.45) is 5.41 Å². The zero-order chi connectivity index (χ0) is 8.58. The van der Waals surface area contributed by atoms with Crippen LogP contribution in [0.4, 0.5) is 0 Å². The molecule has 0 saturated heterocycles. The van der Waals surface area contributed by atoms with Crippen molar-refractivity contribution >= 4 is 20.8 Å². The number of hydrogen-bond donors (Lipinski definition) is 0. The van der Waals surface area contributed by atoms with E-state index >= 15 is 0 Å². The highest BCUT2D eigenvalue weighted by molar-refractivity contribution is 6.25. The van der Waals surface area contributed by atoms with Crippen molar-refractivity contribution in [1.29, 1.82) is 0 Å². The van der Waals surface area contributed by atoms with Gasteiger partial charge < -0.3 is 4.23 Å². The van der Waals surface area contributed by atoms with E-state index in [9.17, 15) is 0 Å². The molecule has 0 aromatic heterocycles. The minimum absolute atomic E-state index is 0.0980. The van der Waals surface area contributed by atoms with Gasteiger partial charge in [0.15, 0.2) is 0 Å². The fourth-order valence-corrected chi connectivity index (χ4v) is 1.01. The van der Waals surface area contributed by atoms with E-state index in [0.717, 1.165) is 0 Å². The number of nitrogens with zero attached hydrogens (tertiary/aromatic N) is 1. The highest BCUT2D eigenvalue weighted by atomic mass is 28.2. The van der Waals surface area contributed by atoms with Gasteiger partial charge >= 0.3 is 0 Å².